The summed E-state index contributed by atoms with van der Waals surface area (Å²) in [5.74, 6) is -1.57. The average Bonchev–Trinajstić information content (AvgIpc) is 2.35. The molecule has 1 atom stereocenters. The molecule has 0 spiro atoms. The van der Waals surface area contributed by atoms with Crippen LogP contribution in [0.15, 0.2) is 24.4 Å². The van der Waals surface area contributed by atoms with Crippen LogP contribution in [0.4, 0.5) is 10.6 Å². The number of anilines is 1. The summed E-state index contributed by atoms with van der Waals surface area (Å²) in [7, 11) is 0. The lowest BCUT2D eigenvalue weighted by atomic mass is 10.1. The molecular formula is C11H14N4O4. The molecule has 0 bridgehead atoms. The number of primary amides is 1. The molecule has 0 saturated heterocycles. The zero-order valence-corrected chi connectivity index (χ0v) is 10.00. The van der Waals surface area contributed by atoms with Crippen LogP contribution >= 0.6 is 0 Å². The summed E-state index contributed by atoms with van der Waals surface area (Å²) < 4.78 is 0. The minimum atomic E-state index is -1.24. The van der Waals surface area contributed by atoms with Crippen molar-refractivity contribution in [2.75, 3.05) is 5.32 Å². The number of rotatable bonds is 6. The Bertz CT molecular complexity index is 463. The van der Waals surface area contributed by atoms with E-state index < -0.39 is 23.9 Å². The Kier molecular flexibility index (Phi) is 5.27. The lowest BCUT2D eigenvalue weighted by Gasteiger charge is -2.14. The van der Waals surface area contributed by atoms with Crippen molar-refractivity contribution < 1.29 is 19.5 Å². The highest BCUT2D eigenvalue weighted by atomic mass is 16.4. The summed E-state index contributed by atoms with van der Waals surface area (Å²) >= 11 is 0. The Morgan fingerprint density at radius 2 is 2.11 bits per heavy atom. The monoisotopic (exact) mass is 266 g/mol. The van der Waals surface area contributed by atoms with Crippen LogP contribution in [0.3, 0.4) is 0 Å². The minimum Gasteiger partial charge on any atom is -0.480 e. The second kappa shape index (κ2) is 6.94. The smallest absolute Gasteiger partial charge is 0.326 e. The van der Waals surface area contributed by atoms with Crippen molar-refractivity contribution in [3.8, 4) is 0 Å². The second-order valence-electron chi connectivity index (χ2n) is 3.71. The summed E-state index contributed by atoms with van der Waals surface area (Å²) in [4.78, 5) is 36.9. The molecular weight excluding hydrogens is 252 g/mol. The number of aromatic nitrogens is 1. The molecule has 8 heteroatoms. The molecule has 1 rings (SSSR count). The van der Waals surface area contributed by atoms with Crippen molar-refractivity contribution >= 4 is 23.7 Å². The number of amides is 3. The van der Waals surface area contributed by atoms with Gasteiger partial charge in [-0.2, -0.15) is 0 Å². The van der Waals surface area contributed by atoms with Crippen LogP contribution in [0.25, 0.3) is 0 Å². The molecule has 0 aliphatic rings. The van der Waals surface area contributed by atoms with Crippen LogP contribution < -0.4 is 16.4 Å². The number of nitrogens with zero attached hydrogens (tertiary/aromatic N) is 1. The van der Waals surface area contributed by atoms with Crippen molar-refractivity contribution in [1.82, 2.24) is 10.3 Å². The van der Waals surface area contributed by atoms with Gasteiger partial charge in [-0.3, -0.25) is 10.1 Å². The predicted octanol–water partition coefficient (Wildman–Crippen LogP) is -0.0782. The standard InChI is InChI=1S/C11H14N4O4/c12-8(16)5-4-7(10(17)18)14-11(19)15-9-3-1-2-6-13-9/h1-3,6-7H,4-5H2,(H2,12,16)(H,17,18)(H2,13,14,15,19). The number of urea groups is 1. The van der Waals surface area contributed by atoms with E-state index in [4.69, 9.17) is 10.8 Å². The van der Waals surface area contributed by atoms with E-state index in [1.807, 2.05) is 0 Å². The van der Waals surface area contributed by atoms with E-state index in [2.05, 4.69) is 15.6 Å². The molecule has 0 fully saturated rings. The molecule has 1 aromatic rings. The molecule has 102 valence electrons. The Hall–Kier alpha value is -2.64. The largest absolute Gasteiger partial charge is 0.480 e. The first-order valence-corrected chi connectivity index (χ1v) is 5.48. The topological polar surface area (TPSA) is 134 Å². The number of carboxylic acids is 1. The summed E-state index contributed by atoms with van der Waals surface area (Å²) in [5, 5.41) is 13.5. The Labute approximate surface area is 109 Å². The van der Waals surface area contributed by atoms with Crippen LogP contribution in [-0.2, 0) is 9.59 Å². The predicted molar refractivity (Wildman–Crippen MR) is 66.2 cm³/mol. The van der Waals surface area contributed by atoms with Gasteiger partial charge >= 0.3 is 12.0 Å². The molecule has 8 nitrogen and oxygen atoms in total. The fourth-order valence-corrected chi connectivity index (χ4v) is 1.29. The van der Waals surface area contributed by atoms with Crippen LogP contribution in [0.5, 0.6) is 0 Å². The first-order valence-electron chi connectivity index (χ1n) is 5.48. The number of carbonyl (C=O) groups excluding carboxylic acids is 2. The lowest BCUT2D eigenvalue weighted by Crippen LogP contribution is -2.43. The quantitative estimate of drug-likeness (QED) is 0.571. The van der Waals surface area contributed by atoms with E-state index in [1.54, 1.807) is 18.2 Å². The maximum Gasteiger partial charge on any atom is 0.326 e. The van der Waals surface area contributed by atoms with Crippen LogP contribution in [0, 0.1) is 0 Å². The molecule has 1 aromatic heterocycles. The van der Waals surface area contributed by atoms with Gasteiger partial charge in [0.1, 0.15) is 11.9 Å². The molecule has 0 aromatic carbocycles. The third-order valence-electron chi connectivity index (χ3n) is 2.19. The van der Waals surface area contributed by atoms with Gasteiger partial charge in [-0.25, -0.2) is 14.6 Å². The number of hydrogen-bond donors (Lipinski definition) is 4. The van der Waals surface area contributed by atoms with Gasteiger partial charge in [-0.15, -0.1) is 0 Å². The van der Waals surface area contributed by atoms with E-state index in [-0.39, 0.29) is 12.8 Å². The summed E-state index contributed by atoms with van der Waals surface area (Å²) in [6, 6.07) is 3.01. The highest BCUT2D eigenvalue weighted by Crippen LogP contribution is 2.01. The van der Waals surface area contributed by atoms with Crippen molar-refractivity contribution in [1.29, 1.82) is 0 Å². The third kappa shape index (κ3) is 5.48. The van der Waals surface area contributed by atoms with Crippen LogP contribution in [-0.4, -0.2) is 34.0 Å². The molecule has 5 N–H and O–H groups in total. The minimum absolute atomic E-state index is 0.0691. The SMILES string of the molecule is NC(=O)CCC(NC(=O)Nc1ccccn1)C(=O)O. The van der Waals surface area contributed by atoms with Crippen molar-refractivity contribution in [2.45, 2.75) is 18.9 Å². The first-order chi connectivity index (χ1) is 8.99. The molecule has 0 aliphatic heterocycles. The van der Waals surface area contributed by atoms with E-state index in [0.717, 1.165) is 0 Å². The number of hydrogen-bond acceptors (Lipinski definition) is 4. The molecule has 1 heterocycles. The van der Waals surface area contributed by atoms with Gasteiger partial charge in [0.15, 0.2) is 0 Å². The van der Waals surface area contributed by atoms with Crippen molar-refractivity contribution in [3.05, 3.63) is 24.4 Å². The van der Waals surface area contributed by atoms with Gasteiger partial charge in [0.2, 0.25) is 5.91 Å². The highest BCUT2D eigenvalue weighted by molar-refractivity contribution is 5.91. The Balaban J connectivity index is 2.52. The van der Waals surface area contributed by atoms with Gasteiger partial charge in [0, 0.05) is 12.6 Å². The molecule has 0 aliphatic carbocycles. The van der Waals surface area contributed by atoms with Gasteiger partial charge in [0.25, 0.3) is 0 Å². The fraction of sp³-hybridized carbons (Fsp3) is 0.273. The maximum absolute atomic E-state index is 11.5. The van der Waals surface area contributed by atoms with Gasteiger partial charge < -0.3 is 16.2 Å². The zero-order chi connectivity index (χ0) is 14.3. The number of pyridine rings is 1. The number of aliphatic carboxylic acids is 1. The summed E-state index contributed by atoms with van der Waals surface area (Å²) in [6.07, 6.45) is 1.29. The van der Waals surface area contributed by atoms with Gasteiger partial charge in [0.05, 0.1) is 0 Å². The van der Waals surface area contributed by atoms with Gasteiger partial charge in [-0.05, 0) is 18.6 Å². The number of nitrogens with two attached hydrogens (primary N) is 1. The highest BCUT2D eigenvalue weighted by Gasteiger charge is 2.20. The zero-order valence-electron chi connectivity index (χ0n) is 10.00. The molecule has 1 unspecified atom stereocenters. The second-order valence-corrected chi connectivity index (χ2v) is 3.71. The summed E-state index contributed by atoms with van der Waals surface area (Å²) in [6.45, 7) is 0. The van der Waals surface area contributed by atoms with E-state index in [9.17, 15) is 14.4 Å². The number of carbonyl (C=O) groups is 3. The van der Waals surface area contributed by atoms with Crippen LogP contribution in [0.2, 0.25) is 0 Å². The summed E-state index contributed by atoms with van der Waals surface area (Å²) in [5.41, 5.74) is 4.93. The average molecular weight is 266 g/mol. The first kappa shape index (κ1) is 14.4. The van der Waals surface area contributed by atoms with E-state index in [1.165, 1.54) is 6.20 Å². The number of nitrogens with one attached hydrogen (secondary N) is 2. The number of carboxylic acid groups (broad SMARTS) is 1. The normalized spacial score (nSPS) is 11.4. The molecule has 19 heavy (non-hydrogen) atoms. The Morgan fingerprint density at radius 3 is 2.63 bits per heavy atom. The van der Waals surface area contributed by atoms with Crippen molar-refractivity contribution in [2.24, 2.45) is 5.73 Å². The molecule has 0 saturated carbocycles. The van der Waals surface area contributed by atoms with E-state index >= 15 is 0 Å². The molecule has 0 radical (unpaired) electrons. The van der Waals surface area contributed by atoms with Crippen molar-refractivity contribution in [3.63, 3.8) is 0 Å². The van der Waals surface area contributed by atoms with Gasteiger partial charge in [-0.1, -0.05) is 6.07 Å². The fourth-order valence-electron chi connectivity index (χ4n) is 1.29. The third-order valence-corrected chi connectivity index (χ3v) is 2.19. The molecule has 3 amide bonds. The van der Waals surface area contributed by atoms with Crippen LogP contribution in [0.1, 0.15) is 12.8 Å². The van der Waals surface area contributed by atoms with E-state index in [0.29, 0.717) is 5.82 Å². The maximum atomic E-state index is 11.5. The lowest BCUT2D eigenvalue weighted by molar-refractivity contribution is -0.139. The Morgan fingerprint density at radius 1 is 1.37 bits per heavy atom.